The third-order valence-electron chi connectivity index (χ3n) is 6.71. The van der Waals surface area contributed by atoms with Crippen LogP contribution >= 0.6 is 0 Å². The molecule has 1 heterocycles. The lowest BCUT2D eigenvalue weighted by molar-refractivity contribution is -0.232. The number of aliphatic hydroxyl groups is 1. The molecule has 6 heteroatoms. The van der Waals surface area contributed by atoms with Crippen molar-refractivity contribution in [3.05, 3.63) is 0 Å². The Morgan fingerprint density at radius 2 is 1.17 bits per heavy atom. The zero-order chi connectivity index (χ0) is 21.4. The maximum atomic E-state index is 11.3. The van der Waals surface area contributed by atoms with Crippen LogP contribution in [-0.4, -0.2) is 67.3 Å². The first kappa shape index (κ1) is 24.4. The zero-order valence-electron chi connectivity index (χ0n) is 19.4. The molecule has 0 bridgehead atoms. The molecule has 3 fully saturated rings. The summed E-state index contributed by atoms with van der Waals surface area (Å²) >= 11 is 0. The quantitative estimate of drug-likeness (QED) is 0.466. The van der Waals surface area contributed by atoms with Crippen LogP contribution in [0.15, 0.2) is 0 Å². The predicted octanol–water partition coefficient (Wildman–Crippen LogP) is 4.36. The van der Waals surface area contributed by atoms with Crippen LogP contribution in [-0.2, 0) is 23.7 Å². The van der Waals surface area contributed by atoms with Gasteiger partial charge in [-0.25, -0.2) is 0 Å². The predicted molar refractivity (Wildman–Crippen MR) is 116 cm³/mol. The largest absolute Gasteiger partial charge is 0.387 e. The standard InChI is InChI=1S/C24H44O6/c1-4-7-15-26-19-18(25)20(27-16-8-5-2)22-23(21(19)28-17-9-6-3)30-24(29-22)13-11-10-12-14-24/h18-23,25H,4-17H2,1-3H3/t18-,19-,20+,21+,22+,23-/m1/s1. The number of ether oxygens (including phenoxy) is 5. The van der Waals surface area contributed by atoms with Crippen LogP contribution in [0, 0.1) is 0 Å². The van der Waals surface area contributed by atoms with Gasteiger partial charge in [0.1, 0.15) is 36.6 Å². The minimum absolute atomic E-state index is 0.262. The number of fused-ring (bicyclic) bond motifs is 1. The Bertz CT molecular complexity index is 480. The summed E-state index contributed by atoms with van der Waals surface area (Å²) in [4.78, 5) is 0. The number of aliphatic hydroxyl groups excluding tert-OH is 1. The summed E-state index contributed by atoms with van der Waals surface area (Å²) < 4.78 is 31.9. The molecular formula is C24H44O6. The summed E-state index contributed by atoms with van der Waals surface area (Å²) in [5.74, 6) is -0.551. The van der Waals surface area contributed by atoms with E-state index in [1.807, 2.05) is 0 Å². The van der Waals surface area contributed by atoms with Gasteiger partial charge in [0.2, 0.25) is 0 Å². The fourth-order valence-corrected chi connectivity index (χ4v) is 4.92. The fourth-order valence-electron chi connectivity index (χ4n) is 4.92. The molecule has 0 unspecified atom stereocenters. The lowest BCUT2D eigenvalue weighted by atomic mass is 9.84. The van der Waals surface area contributed by atoms with Crippen molar-refractivity contribution in [1.29, 1.82) is 0 Å². The van der Waals surface area contributed by atoms with Crippen LogP contribution in [0.2, 0.25) is 0 Å². The highest BCUT2D eigenvalue weighted by atomic mass is 16.8. The molecule has 3 aliphatic rings. The molecule has 1 saturated heterocycles. The molecule has 0 aromatic carbocycles. The van der Waals surface area contributed by atoms with Crippen LogP contribution in [0.5, 0.6) is 0 Å². The molecule has 6 nitrogen and oxygen atoms in total. The van der Waals surface area contributed by atoms with E-state index in [2.05, 4.69) is 20.8 Å². The van der Waals surface area contributed by atoms with E-state index in [9.17, 15) is 5.11 Å². The molecule has 0 amide bonds. The van der Waals surface area contributed by atoms with E-state index in [1.165, 1.54) is 6.42 Å². The van der Waals surface area contributed by atoms with Gasteiger partial charge < -0.3 is 28.8 Å². The molecule has 1 N–H and O–H groups in total. The van der Waals surface area contributed by atoms with Crippen molar-refractivity contribution in [2.75, 3.05) is 19.8 Å². The molecule has 0 aromatic rings. The average Bonchev–Trinajstić information content (AvgIpc) is 3.11. The monoisotopic (exact) mass is 428 g/mol. The van der Waals surface area contributed by atoms with Crippen molar-refractivity contribution in [2.24, 2.45) is 0 Å². The minimum atomic E-state index is -0.783. The van der Waals surface area contributed by atoms with Gasteiger partial charge in [-0.05, 0) is 32.1 Å². The normalized spacial score (nSPS) is 35.6. The molecule has 30 heavy (non-hydrogen) atoms. The molecule has 3 rings (SSSR count). The van der Waals surface area contributed by atoms with Crippen molar-refractivity contribution >= 4 is 0 Å². The highest BCUT2D eigenvalue weighted by Gasteiger charge is 2.61. The first-order valence-corrected chi connectivity index (χ1v) is 12.5. The number of rotatable bonds is 12. The summed E-state index contributed by atoms with van der Waals surface area (Å²) in [5, 5.41) is 11.3. The topological polar surface area (TPSA) is 66.4 Å². The van der Waals surface area contributed by atoms with Crippen LogP contribution in [0.4, 0.5) is 0 Å². The van der Waals surface area contributed by atoms with Crippen molar-refractivity contribution in [3.63, 3.8) is 0 Å². The van der Waals surface area contributed by atoms with E-state index in [4.69, 9.17) is 23.7 Å². The Morgan fingerprint density at radius 1 is 0.700 bits per heavy atom. The Balaban J connectivity index is 1.81. The third-order valence-corrected chi connectivity index (χ3v) is 6.71. The molecular weight excluding hydrogens is 384 g/mol. The summed E-state index contributed by atoms with van der Waals surface area (Å²) in [6, 6.07) is 0. The molecule has 1 spiro atoms. The van der Waals surface area contributed by atoms with Crippen molar-refractivity contribution < 1.29 is 28.8 Å². The molecule has 0 aromatic heterocycles. The van der Waals surface area contributed by atoms with E-state index < -0.39 is 24.1 Å². The first-order chi connectivity index (χ1) is 14.7. The second kappa shape index (κ2) is 12.1. The van der Waals surface area contributed by atoms with Gasteiger partial charge in [0.25, 0.3) is 0 Å². The van der Waals surface area contributed by atoms with Crippen LogP contribution in [0.25, 0.3) is 0 Å². The van der Waals surface area contributed by atoms with Crippen molar-refractivity contribution in [2.45, 2.75) is 134 Å². The molecule has 6 atom stereocenters. The number of hydrogen-bond acceptors (Lipinski definition) is 6. The third kappa shape index (κ3) is 5.76. The van der Waals surface area contributed by atoms with E-state index >= 15 is 0 Å². The SMILES string of the molecule is CCCCO[C@@H]1[C@H]2OC3(CCCCC3)O[C@H]2[C@@H](OCCCC)[C@H](O)[C@H]1OCCCC. The Hall–Kier alpha value is -0.240. The summed E-state index contributed by atoms with van der Waals surface area (Å²) in [5.41, 5.74) is 0. The van der Waals surface area contributed by atoms with Gasteiger partial charge in [-0.15, -0.1) is 0 Å². The maximum Gasteiger partial charge on any atom is 0.169 e. The highest BCUT2D eigenvalue weighted by Crippen LogP contribution is 2.46. The van der Waals surface area contributed by atoms with Crippen LogP contribution in [0.1, 0.15) is 91.4 Å². The molecule has 176 valence electrons. The summed E-state index contributed by atoms with van der Waals surface area (Å²) in [7, 11) is 0. The zero-order valence-corrected chi connectivity index (χ0v) is 19.4. The minimum Gasteiger partial charge on any atom is -0.387 e. The Kier molecular flexibility index (Phi) is 9.86. The second-order valence-corrected chi connectivity index (χ2v) is 9.19. The van der Waals surface area contributed by atoms with Gasteiger partial charge in [0.15, 0.2) is 5.79 Å². The van der Waals surface area contributed by atoms with E-state index in [0.29, 0.717) is 19.8 Å². The Morgan fingerprint density at radius 3 is 1.70 bits per heavy atom. The summed E-state index contributed by atoms with van der Waals surface area (Å²) in [6.45, 7) is 8.30. The van der Waals surface area contributed by atoms with Gasteiger partial charge >= 0.3 is 0 Å². The number of unbranched alkanes of at least 4 members (excludes halogenated alkanes) is 3. The van der Waals surface area contributed by atoms with Gasteiger partial charge in [-0.1, -0.05) is 46.5 Å². The van der Waals surface area contributed by atoms with Gasteiger partial charge in [0.05, 0.1) is 0 Å². The molecule has 0 radical (unpaired) electrons. The van der Waals surface area contributed by atoms with Gasteiger partial charge in [-0.2, -0.15) is 0 Å². The first-order valence-electron chi connectivity index (χ1n) is 12.5. The molecule has 1 aliphatic heterocycles. The molecule has 2 saturated carbocycles. The number of hydrogen-bond donors (Lipinski definition) is 1. The van der Waals surface area contributed by atoms with Crippen LogP contribution < -0.4 is 0 Å². The van der Waals surface area contributed by atoms with Gasteiger partial charge in [-0.3, -0.25) is 0 Å². The second-order valence-electron chi connectivity index (χ2n) is 9.19. The lowest BCUT2D eigenvalue weighted by Crippen LogP contribution is -2.64. The van der Waals surface area contributed by atoms with E-state index in [1.54, 1.807) is 0 Å². The van der Waals surface area contributed by atoms with Crippen LogP contribution in [0.3, 0.4) is 0 Å². The lowest BCUT2D eigenvalue weighted by Gasteiger charge is -2.44. The highest BCUT2D eigenvalue weighted by molar-refractivity contribution is 5.07. The molecule has 2 aliphatic carbocycles. The maximum absolute atomic E-state index is 11.3. The summed E-state index contributed by atoms with van der Waals surface area (Å²) in [6.07, 6.45) is 8.74. The van der Waals surface area contributed by atoms with Crippen molar-refractivity contribution in [1.82, 2.24) is 0 Å². The Labute approximate surface area is 182 Å². The van der Waals surface area contributed by atoms with E-state index in [0.717, 1.165) is 64.2 Å². The van der Waals surface area contributed by atoms with E-state index in [-0.39, 0.29) is 18.3 Å². The van der Waals surface area contributed by atoms with Crippen molar-refractivity contribution in [3.8, 4) is 0 Å². The van der Waals surface area contributed by atoms with Gasteiger partial charge in [0, 0.05) is 32.7 Å². The fraction of sp³-hybridized carbons (Fsp3) is 1.00. The smallest absolute Gasteiger partial charge is 0.169 e. The average molecular weight is 429 g/mol.